The van der Waals surface area contributed by atoms with Gasteiger partial charge >= 0.3 is 0 Å². The second kappa shape index (κ2) is 6.54. The molecule has 2 rings (SSSR count). The van der Waals surface area contributed by atoms with Gasteiger partial charge in [0.15, 0.2) is 0 Å². The van der Waals surface area contributed by atoms with Gasteiger partial charge in [0.2, 0.25) is 0 Å². The van der Waals surface area contributed by atoms with Crippen molar-refractivity contribution in [1.29, 1.82) is 0 Å². The zero-order valence-corrected chi connectivity index (χ0v) is 11.8. The van der Waals surface area contributed by atoms with E-state index in [4.69, 9.17) is 6.42 Å². The van der Waals surface area contributed by atoms with Gasteiger partial charge in [-0.1, -0.05) is 59.5 Å². The molecule has 20 heavy (non-hydrogen) atoms. The lowest BCUT2D eigenvalue weighted by Crippen LogP contribution is -1.87. The molecule has 0 bridgehead atoms. The van der Waals surface area contributed by atoms with Crippen LogP contribution in [0.2, 0.25) is 0 Å². The van der Waals surface area contributed by atoms with E-state index in [0.717, 1.165) is 11.3 Å². The third-order valence-electron chi connectivity index (χ3n) is 2.94. The van der Waals surface area contributed by atoms with Crippen LogP contribution >= 0.6 is 0 Å². The second-order valence-corrected chi connectivity index (χ2v) is 4.72. The van der Waals surface area contributed by atoms with E-state index in [9.17, 15) is 0 Å². The summed E-state index contributed by atoms with van der Waals surface area (Å²) >= 11 is 0. The number of aryl methyl sites for hydroxylation is 2. The molecule has 0 fully saturated rings. The number of aliphatic imine (C=N–C) groups is 1. The molecule has 1 nitrogen and oxygen atoms in total. The fourth-order valence-electron chi connectivity index (χ4n) is 1.73. The summed E-state index contributed by atoms with van der Waals surface area (Å²) in [6, 6.07) is 16.3. The summed E-state index contributed by atoms with van der Waals surface area (Å²) in [6.45, 7) is 4.12. The standard InChI is InChI=1S/C19H17N/c1-4-18(20-19-12-7-16(3)8-13-19)14-11-17-9-5-15(2)6-10-17/h1,5-14H,2-3H3/b14-11+,20-18?. The van der Waals surface area contributed by atoms with Crippen LogP contribution in [0.3, 0.4) is 0 Å². The molecule has 0 saturated carbocycles. The van der Waals surface area contributed by atoms with Gasteiger partial charge in [0, 0.05) is 0 Å². The van der Waals surface area contributed by atoms with Gasteiger partial charge in [0.25, 0.3) is 0 Å². The Balaban J connectivity index is 2.18. The van der Waals surface area contributed by atoms with E-state index in [1.54, 1.807) is 0 Å². The number of rotatable bonds is 3. The minimum absolute atomic E-state index is 0.620. The maximum atomic E-state index is 5.51. The number of hydrogen-bond acceptors (Lipinski definition) is 1. The first-order chi connectivity index (χ1) is 9.67. The molecule has 0 aliphatic heterocycles. The molecule has 0 heterocycles. The van der Waals surface area contributed by atoms with E-state index in [0.29, 0.717) is 5.71 Å². The Labute approximate surface area is 120 Å². The Morgan fingerprint density at radius 2 is 1.50 bits per heavy atom. The van der Waals surface area contributed by atoms with Crippen molar-refractivity contribution in [3.63, 3.8) is 0 Å². The highest BCUT2D eigenvalue weighted by atomic mass is 14.7. The summed E-state index contributed by atoms with van der Waals surface area (Å²) in [5.74, 6) is 2.61. The summed E-state index contributed by atoms with van der Waals surface area (Å²) < 4.78 is 0. The lowest BCUT2D eigenvalue weighted by molar-refractivity contribution is 1.44. The van der Waals surface area contributed by atoms with Crippen molar-refractivity contribution in [2.75, 3.05) is 0 Å². The van der Waals surface area contributed by atoms with Crippen molar-refractivity contribution in [2.45, 2.75) is 13.8 Å². The Kier molecular flexibility index (Phi) is 4.52. The Hall–Kier alpha value is -2.59. The largest absolute Gasteiger partial charge is 0.240 e. The highest BCUT2D eigenvalue weighted by Crippen LogP contribution is 2.13. The highest BCUT2D eigenvalue weighted by molar-refractivity contribution is 6.11. The maximum Gasteiger partial charge on any atom is 0.113 e. The molecule has 0 unspecified atom stereocenters. The molecular formula is C19H17N. The van der Waals surface area contributed by atoms with Crippen molar-refractivity contribution in [2.24, 2.45) is 4.99 Å². The third-order valence-corrected chi connectivity index (χ3v) is 2.94. The first-order valence-electron chi connectivity index (χ1n) is 6.54. The molecule has 0 aliphatic carbocycles. The van der Waals surface area contributed by atoms with Crippen LogP contribution in [-0.4, -0.2) is 5.71 Å². The SMILES string of the molecule is C#CC(/C=C/c1ccc(C)cc1)=Nc1ccc(C)cc1. The van der Waals surface area contributed by atoms with Crippen LogP contribution in [0.15, 0.2) is 59.6 Å². The summed E-state index contributed by atoms with van der Waals surface area (Å²) in [7, 11) is 0. The summed E-state index contributed by atoms with van der Waals surface area (Å²) in [5.41, 5.74) is 5.06. The predicted octanol–water partition coefficient (Wildman–Crippen LogP) is 4.72. The van der Waals surface area contributed by atoms with Crippen molar-refractivity contribution >= 4 is 17.5 Å². The molecule has 0 N–H and O–H groups in total. The normalized spacial score (nSPS) is 11.6. The lowest BCUT2D eigenvalue weighted by Gasteiger charge is -1.97. The zero-order chi connectivity index (χ0) is 14.4. The number of allylic oxidation sites excluding steroid dienone is 1. The molecule has 0 amide bonds. The second-order valence-electron chi connectivity index (χ2n) is 4.72. The highest BCUT2D eigenvalue weighted by Gasteiger charge is 1.93. The van der Waals surface area contributed by atoms with Crippen LogP contribution in [0, 0.1) is 26.2 Å². The Morgan fingerprint density at radius 3 is 2.05 bits per heavy atom. The quantitative estimate of drug-likeness (QED) is 0.558. The van der Waals surface area contributed by atoms with Gasteiger partial charge in [0.1, 0.15) is 5.71 Å². The fourth-order valence-corrected chi connectivity index (χ4v) is 1.73. The topological polar surface area (TPSA) is 12.4 Å². The Morgan fingerprint density at radius 1 is 0.950 bits per heavy atom. The smallest absolute Gasteiger partial charge is 0.113 e. The first-order valence-corrected chi connectivity index (χ1v) is 6.54. The van der Waals surface area contributed by atoms with Crippen LogP contribution in [0.25, 0.3) is 6.08 Å². The number of benzene rings is 2. The van der Waals surface area contributed by atoms with Crippen LogP contribution in [0.5, 0.6) is 0 Å². The molecule has 0 aromatic heterocycles. The van der Waals surface area contributed by atoms with Crippen LogP contribution < -0.4 is 0 Å². The first kappa shape index (κ1) is 13.8. The summed E-state index contributed by atoms with van der Waals surface area (Å²) in [6.07, 6.45) is 9.35. The monoisotopic (exact) mass is 259 g/mol. The molecule has 0 radical (unpaired) electrons. The van der Waals surface area contributed by atoms with Gasteiger partial charge < -0.3 is 0 Å². The third kappa shape index (κ3) is 3.96. The average molecular weight is 259 g/mol. The van der Waals surface area contributed by atoms with Crippen LogP contribution in [0.1, 0.15) is 16.7 Å². The van der Waals surface area contributed by atoms with Gasteiger partial charge in [-0.05, 0) is 37.6 Å². The molecule has 2 aromatic carbocycles. The lowest BCUT2D eigenvalue weighted by atomic mass is 10.1. The number of nitrogens with zero attached hydrogens (tertiary/aromatic N) is 1. The summed E-state index contributed by atoms with van der Waals surface area (Å²) in [4.78, 5) is 4.44. The van der Waals surface area contributed by atoms with Gasteiger partial charge in [-0.15, -0.1) is 6.42 Å². The van der Waals surface area contributed by atoms with Crippen molar-refractivity contribution < 1.29 is 0 Å². The van der Waals surface area contributed by atoms with E-state index < -0.39 is 0 Å². The van der Waals surface area contributed by atoms with Gasteiger partial charge in [0.05, 0.1) is 5.69 Å². The van der Waals surface area contributed by atoms with E-state index in [-0.39, 0.29) is 0 Å². The molecule has 0 atom stereocenters. The predicted molar refractivity (Wildman–Crippen MR) is 87.3 cm³/mol. The average Bonchev–Trinajstić information content (AvgIpc) is 2.47. The maximum absolute atomic E-state index is 5.51. The van der Waals surface area contributed by atoms with Gasteiger partial charge in [-0.3, -0.25) is 0 Å². The minimum atomic E-state index is 0.620. The number of terminal acetylenes is 1. The van der Waals surface area contributed by atoms with E-state index >= 15 is 0 Å². The minimum Gasteiger partial charge on any atom is -0.240 e. The molecule has 0 saturated heterocycles. The van der Waals surface area contributed by atoms with Crippen molar-refractivity contribution in [3.05, 3.63) is 71.3 Å². The van der Waals surface area contributed by atoms with E-state index in [1.165, 1.54) is 11.1 Å². The van der Waals surface area contributed by atoms with Crippen molar-refractivity contribution in [3.8, 4) is 12.3 Å². The van der Waals surface area contributed by atoms with Gasteiger partial charge in [-0.25, -0.2) is 4.99 Å². The zero-order valence-electron chi connectivity index (χ0n) is 11.8. The molecule has 2 aromatic rings. The van der Waals surface area contributed by atoms with E-state index in [2.05, 4.69) is 42.1 Å². The molecular weight excluding hydrogens is 242 g/mol. The van der Waals surface area contributed by atoms with Crippen LogP contribution in [-0.2, 0) is 0 Å². The summed E-state index contributed by atoms with van der Waals surface area (Å²) in [5, 5.41) is 0. The molecule has 1 heteroatoms. The molecule has 98 valence electrons. The molecule has 0 spiro atoms. The molecule has 0 aliphatic rings. The number of hydrogen-bond donors (Lipinski definition) is 0. The fraction of sp³-hybridized carbons (Fsp3) is 0.105. The van der Waals surface area contributed by atoms with Gasteiger partial charge in [-0.2, -0.15) is 0 Å². The van der Waals surface area contributed by atoms with Crippen LogP contribution in [0.4, 0.5) is 5.69 Å². The van der Waals surface area contributed by atoms with E-state index in [1.807, 2.05) is 43.3 Å². The Bertz CT molecular complexity index is 665. The van der Waals surface area contributed by atoms with Crippen molar-refractivity contribution in [1.82, 2.24) is 0 Å².